The van der Waals surface area contributed by atoms with Gasteiger partial charge in [0.2, 0.25) is 0 Å². The first kappa shape index (κ1) is 14.6. The fraction of sp³-hybridized carbons (Fsp3) is 0.353. The van der Waals surface area contributed by atoms with Crippen molar-refractivity contribution in [2.24, 2.45) is 0 Å². The molecule has 0 aliphatic carbocycles. The van der Waals surface area contributed by atoms with E-state index in [4.69, 9.17) is 4.42 Å². The number of piperazine rings is 1. The van der Waals surface area contributed by atoms with Crippen molar-refractivity contribution in [1.29, 1.82) is 0 Å². The molecule has 1 aliphatic rings. The minimum atomic E-state index is -0.219. The number of hydrogen-bond donors (Lipinski definition) is 0. The van der Waals surface area contributed by atoms with Crippen LogP contribution in [-0.2, 0) is 0 Å². The average molecular weight is 302 g/mol. The SMILES string of the molecule is Cc1coc(C)c1C(=O)N1CCN(c2ccccc2F)CC1. The van der Waals surface area contributed by atoms with Crippen LogP contribution in [0.25, 0.3) is 0 Å². The molecular formula is C17H19FN2O2. The molecule has 1 fully saturated rings. The van der Waals surface area contributed by atoms with E-state index in [1.807, 2.05) is 22.8 Å². The minimum absolute atomic E-state index is 0.00284. The predicted molar refractivity (Wildman–Crippen MR) is 82.7 cm³/mol. The second-order valence-electron chi connectivity index (χ2n) is 5.58. The van der Waals surface area contributed by atoms with E-state index >= 15 is 0 Å². The number of carbonyl (C=O) groups is 1. The lowest BCUT2D eigenvalue weighted by Crippen LogP contribution is -2.49. The number of nitrogens with zero attached hydrogens (tertiary/aromatic N) is 2. The fourth-order valence-corrected chi connectivity index (χ4v) is 2.91. The summed E-state index contributed by atoms with van der Waals surface area (Å²) >= 11 is 0. The Hall–Kier alpha value is -2.30. The van der Waals surface area contributed by atoms with Crippen LogP contribution in [0.2, 0.25) is 0 Å². The third kappa shape index (κ3) is 2.58. The van der Waals surface area contributed by atoms with E-state index in [0.29, 0.717) is 43.2 Å². The Morgan fingerprint density at radius 1 is 1.14 bits per heavy atom. The number of amides is 1. The van der Waals surface area contributed by atoms with Crippen LogP contribution in [-0.4, -0.2) is 37.0 Å². The Morgan fingerprint density at radius 3 is 2.41 bits per heavy atom. The molecule has 0 unspecified atom stereocenters. The molecule has 0 bridgehead atoms. The lowest BCUT2D eigenvalue weighted by molar-refractivity contribution is 0.0744. The Kier molecular flexibility index (Phi) is 3.88. The predicted octanol–water partition coefficient (Wildman–Crippen LogP) is 3.00. The molecule has 116 valence electrons. The van der Waals surface area contributed by atoms with Gasteiger partial charge in [-0.1, -0.05) is 12.1 Å². The van der Waals surface area contributed by atoms with Crippen molar-refractivity contribution in [2.45, 2.75) is 13.8 Å². The molecule has 0 spiro atoms. The smallest absolute Gasteiger partial charge is 0.257 e. The van der Waals surface area contributed by atoms with Crippen LogP contribution in [0.1, 0.15) is 21.7 Å². The van der Waals surface area contributed by atoms with Gasteiger partial charge >= 0.3 is 0 Å². The summed E-state index contributed by atoms with van der Waals surface area (Å²) < 4.78 is 19.1. The van der Waals surface area contributed by atoms with Gasteiger partial charge in [-0.15, -0.1) is 0 Å². The molecule has 2 heterocycles. The molecule has 22 heavy (non-hydrogen) atoms. The standard InChI is InChI=1S/C17H19FN2O2/c1-12-11-22-13(2)16(12)17(21)20-9-7-19(8-10-20)15-6-4-3-5-14(15)18/h3-6,11H,7-10H2,1-2H3. The molecule has 2 aromatic rings. The maximum Gasteiger partial charge on any atom is 0.257 e. The Morgan fingerprint density at radius 2 is 1.82 bits per heavy atom. The molecular weight excluding hydrogens is 283 g/mol. The van der Waals surface area contributed by atoms with Gasteiger partial charge < -0.3 is 14.2 Å². The summed E-state index contributed by atoms with van der Waals surface area (Å²) in [6.45, 7) is 6.09. The lowest BCUT2D eigenvalue weighted by atomic mass is 10.1. The number of aryl methyl sites for hydroxylation is 2. The molecule has 1 aliphatic heterocycles. The minimum Gasteiger partial charge on any atom is -0.469 e. The number of halogens is 1. The van der Waals surface area contributed by atoms with Gasteiger partial charge in [-0.2, -0.15) is 0 Å². The molecule has 3 rings (SSSR count). The number of carbonyl (C=O) groups excluding carboxylic acids is 1. The van der Waals surface area contributed by atoms with Crippen LogP contribution in [0.3, 0.4) is 0 Å². The molecule has 4 nitrogen and oxygen atoms in total. The van der Waals surface area contributed by atoms with E-state index in [9.17, 15) is 9.18 Å². The topological polar surface area (TPSA) is 36.7 Å². The van der Waals surface area contributed by atoms with Crippen LogP contribution < -0.4 is 4.90 Å². The zero-order chi connectivity index (χ0) is 15.7. The van der Waals surface area contributed by atoms with E-state index in [1.54, 1.807) is 25.3 Å². The normalized spacial score (nSPS) is 15.2. The summed E-state index contributed by atoms with van der Waals surface area (Å²) in [7, 11) is 0. The van der Waals surface area contributed by atoms with E-state index in [2.05, 4.69) is 0 Å². The molecule has 1 amide bonds. The summed E-state index contributed by atoms with van der Waals surface area (Å²) in [5.41, 5.74) is 2.11. The molecule has 1 aromatic heterocycles. The average Bonchev–Trinajstić information content (AvgIpc) is 2.86. The largest absolute Gasteiger partial charge is 0.469 e. The zero-order valence-corrected chi connectivity index (χ0v) is 12.8. The molecule has 1 saturated heterocycles. The summed E-state index contributed by atoms with van der Waals surface area (Å²) in [5.74, 6) is 0.430. The van der Waals surface area contributed by atoms with Crippen molar-refractivity contribution < 1.29 is 13.6 Å². The van der Waals surface area contributed by atoms with E-state index in [0.717, 1.165) is 5.56 Å². The van der Waals surface area contributed by atoms with Crippen molar-refractivity contribution in [3.05, 3.63) is 53.2 Å². The number of benzene rings is 1. The lowest BCUT2D eigenvalue weighted by Gasteiger charge is -2.36. The van der Waals surface area contributed by atoms with Gasteiger partial charge in [0, 0.05) is 31.7 Å². The van der Waals surface area contributed by atoms with E-state index in [1.165, 1.54) is 6.07 Å². The maximum absolute atomic E-state index is 13.8. The summed E-state index contributed by atoms with van der Waals surface area (Å²) in [5, 5.41) is 0. The number of rotatable bonds is 2. The zero-order valence-electron chi connectivity index (χ0n) is 12.8. The Bertz CT molecular complexity index is 668. The highest BCUT2D eigenvalue weighted by Gasteiger charge is 2.26. The van der Waals surface area contributed by atoms with Gasteiger partial charge in [-0.25, -0.2) is 4.39 Å². The second-order valence-corrected chi connectivity index (χ2v) is 5.58. The van der Waals surface area contributed by atoms with Crippen LogP contribution in [0.15, 0.2) is 34.9 Å². The first-order chi connectivity index (χ1) is 10.6. The van der Waals surface area contributed by atoms with Crippen LogP contribution in [0, 0.1) is 19.7 Å². The van der Waals surface area contributed by atoms with Gasteiger partial charge in [0.05, 0.1) is 17.5 Å². The van der Waals surface area contributed by atoms with Crippen molar-refractivity contribution in [3.8, 4) is 0 Å². The third-order valence-electron chi connectivity index (χ3n) is 4.13. The van der Waals surface area contributed by atoms with E-state index < -0.39 is 0 Å². The molecule has 0 saturated carbocycles. The van der Waals surface area contributed by atoms with E-state index in [-0.39, 0.29) is 11.7 Å². The Balaban J connectivity index is 1.70. The van der Waals surface area contributed by atoms with Crippen molar-refractivity contribution >= 4 is 11.6 Å². The maximum atomic E-state index is 13.8. The van der Waals surface area contributed by atoms with Gasteiger partial charge in [-0.05, 0) is 26.0 Å². The van der Waals surface area contributed by atoms with Crippen molar-refractivity contribution in [3.63, 3.8) is 0 Å². The van der Waals surface area contributed by atoms with Crippen LogP contribution >= 0.6 is 0 Å². The summed E-state index contributed by atoms with van der Waals surface area (Å²) in [4.78, 5) is 16.4. The highest BCUT2D eigenvalue weighted by atomic mass is 19.1. The number of hydrogen-bond acceptors (Lipinski definition) is 3. The molecule has 0 radical (unpaired) electrons. The number of para-hydroxylation sites is 1. The summed E-state index contributed by atoms with van der Waals surface area (Å²) in [6, 6.07) is 6.75. The van der Waals surface area contributed by atoms with Gasteiger partial charge in [0.1, 0.15) is 11.6 Å². The van der Waals surface area contributed by atoms with Gasteiger partial charge in [-0.3, -0.25) is 4.79 Å². The third-order valence-corrected chi connectivity index (χ3v) is 4.13. The monoisotopic (exact) mass is 302 g/mol. The number of anilines is 1. The van der Waals surface area contributed by atoms with Gasteiger partial charge in [0.25, 0.3) is 5.91 Å². The van der Waals surface area contributed by atoms with Crippen LogP contribution in [0.4, 0.5) is 10.1 Å². The molecule has 5 heteroatoms. The molecule has 1 aromatic carbocycles. The Labute approximate surface area is 129 Å². The second kappa shape index (κ2) is 5.83. The van der Waals surface area contributed by atoms with Crippen LogP contribution in [0.5, 0.6) is 0 Å². The highest BCUT2D eigenvalue weighted by molar-refractivity contribution is 5.96. The first-order valence-corrected chi connectivity index (χ1v) is 7.41. The van der Waals surface area contributed by atoms with Crippen molar-refractivity contribution in [1.82, 2.24) is 4.90 Å². The fourth-order valence-electron chi connectivity index (χ4n) is 2.91. The van der Waals surface area contributed by atoms with Gasteiger partial charge in [0.15, 0.2) is 0 Å². The number of furan rings is 1. The summed E-state index contributed by atoms with van der Waals surface area (Å²) in [6.07, 6.45) is 1.61. The van der Waals surface area contributed by atoms with Crippen molar-refractivity contribution in [2.75, 3.05) is 31.1 Å². The molecule has 0 N–H and O–H groups in total. The first-order valence-electron chi connectivity index (χ1n) is 7.41. The quantitative estimate of drug-likeness (QED) is 0.855. The highest BCUT2D eigenvalue weighted by Crippen LogP contribution is 2.22. The molecule has 0 atom stereocenters.